The van der Waals surface area contributed by atoms with Gasteiger partial charge in [-0.2, -0.15) is 5.10 Å². The minimum Gasteiger partial charge on any atom is -0.349 e. The van der Waals surface area contributed by atoms with Crippen molar-refractivity contribution in [1.29, 1.82) is 0 Å². The molecule has 1 aliphatic carbocycles. The van der Waals surface area contributed by atoms with Gasteiger partial charge in [0, 0.05) is 16.7 Å². The van der Waals surface area contributed by atoms with Gasteiger partial charge >= 0.3 is 0 Å². The molecule has 7 heteroatoms. The molecule has 23 heavy (non-hydrogen) atoms. The molecule has 1 aliphatic rings. The lowest BCUT2D eigenvalue weighted by Crippen LogP contribution is -2.39. The van der Waals surface area contributed by atoms with Crippen LogP contribution in [0.2, 0.25) is 0 Å². The average molecular weight is 400 g/mol. The first-order valence-corrected chi connectivity index (χ1v) is 8.28. The molecular weight excluding hydrogens is 380 g/mol. The maximum absolute atomic E-state index is 12.4. The van der Waals surface area contributed by atoms with Crippen molar-refractivity contribution in [2.45, 2.75) is 25.3 Å². The molecule has 1 aromatic carbocycles. The summed E-state index contributed by atoms with van der Waals surface area (Å²) in [6.07, 6.45) is 6.59. The number of halogens is 2. The van der Waals surface area contributed by atoms with Crippen molar-refractivity contribution in [1.82, 2.24) is 15.1 Å². The fraction of sp³-hybridized carbons (Fsp3) is 0.375. The Kier molecular flexibility index (Phi) is 6.21. The zero-order valence-corrected chi connectivity index (χ0v) is 15.0. The van der Waals surface area contributed by atoms with E-state index >= 15 is 0 Å². The first kappa shape index (κ1) is 18.0. The Balaban J connectivity index is 0.00000192. The predicted molar refractivity (Wildman–Crippen MR) is 96.2 cm³/mol. The zero-order valence-electron chi connectivity index (χ0n) is 12.6. The highest BCUT2D eigenvalue weighted by atomic mass is 79.9. The first-order valence-electron chi connectivity index (χ1n) is 7.49. The van der Waals surface area contributed by atoms with E-state index in [1.165, 1.54) is 0 Å². The second-order valence-electron chi connectivity index (χ2n) is 5.66. The van der Waals surface area contributed by atoms with Gasteiger partial charge in [0.15, 0.2) is 0 Å². The first-order chi connectivity index (χ1) is 10.7. The summed E-state index contributed by atoms with van der Waals surface area (Å²) in [4.78, 5) is 12.4. The van der Waals surface area contributed by atoms with E-state index in [2.05, 4.69) is 26.3 Å². The second kappa shape index (κ2) is 7.95. The van der Waals surface area contributed by atoms with Crippen molar-refractivity contribution in [3.05, 3.63) is 46.7 Å². The van der Waals surface area contributed by atoms with Crippen molar-refractivity contribution in [3.63, 3.8) is 0 Å². The van der Waals surface area contributed by atoms with Gasteiger partial charge in [0.05, 0.1) is 17.4 Å². The number of nitrogens with one attached hydrogen (secondary N) is 1. The molecule has 3 rings (SSSR count). The summed E-state index contributed by atoms with van der Waals surface area (Å²) >= 11 is 3.44. The third-order valence-electron chi connectivity index (χ3n) is 4.20. The molecule has 0 radical (unpaired) electrons. The Labute approximate surface area is 150 Å². The number of carbonyl (C=O) groups is 1. The molecule has 0 bridgehead atoms. The van der Waals surface area contributed by atoms with Crippen LogP contribution < -0.4 is 11.1 Å². The summed E-state index contributed by atoms with van der Waals surface area (Å²) in [5.41, 5.74) is 7.24. The molecule has 2 aromatic rings. The number of benzene rings is 1. The molecule has 1 saturated carbocycles. The molecule has 5 nitrogen and oxygen atoms in total. The van der Waals surface area contributed by atoms with E-state index in [-0.39, 0.29) is 24.4 Å². The van der Waals surface area contributed by atoms with E-state index in [4.69, 9.17) is 5.73 Å². The topological polar surface area (TPSA) is 72.9 Å². The van der Waals surface area contributed by atoms with Gasteiger partial charge in [-0.15, -0.1) is 12.4 Å². The van der Waals surface area contributed by atoms with E-state index in [0.717, 1.165) is 29.4 Å². The molecule has 1 fully saturated rings. The molecule has 0 aliphatic heterocycles. The summed E-state index contributed by atoms with van der Waals surface area (Å²) in [5.74, 6) is 0.315. The molecule has 0 spiro atoms. The van der Waals surface area contributed by atoms with Crippen LogP contribution in [0.3, 0.4) is 0 Å². The smallest absolute Gasteiger partial charge is 0.254 e. The van der Waals surface area contributed by atoms with E-state index < -0.39 is 0 Å². The lowest BCUT2D eigenvalue weighted by molar-refractivity contribution is 0.0929. The van der Waals surface area contributed by atoms with Gasteiger partial charge in [-0.05, 0) is 43.5 Å². The second-order valence-corrected chi connectivity index (χ2v) is 6.58. The third-order valence-corrected chi connectivity index (χ3v) is 4.69. The van der Waals surface area contributed by atoms with Crippen LogP contribution >= 0.6 is 28.3 Å². The highest BCUT2D eigenvalue weighted by Crippen LogP contribution is 2.25. The van der Waals surface area contributed by atoms with Gasteiger partial charge in [-0.1, -0.05) is 28.4 Å². The number of aromatic nitrogens is 2. The van der Waals surface area contributed by atoms with Crippen molar-refractivity contribution in [3.8, 4) is 5.69 Å². The Morgan fingerprint density at radius 2 is 2.26 bits per heavy atom. The van der Waals surface area contributed by atoms with Gasteiger partial charge in [0.1, 0.15) is 0 Å². The van der Waals surface area contributed by atoms with E-state index in [0.29, 0.717) is 18.0 Å². The number of carbonyl (C=O) groups excluding carboxylic acids is 1. The molecule has 1 amide bonds. The molecule has 2 unspecified atom stereocenters. The minimum absolute atomic E-state index is 0. The fourth-order valence-electron chi connectivity index (χ4n) is 2.96. The Morgan fingerprint density at radius 1 is 1.43 bits per heavy atom. The Bertz CT molecular complexity index is 676. The average Bonchev–Trinajstić information content (AvgIpc) is 3.16. The van der Waals surface area contributed by atoms with Crippen LogP contribution in [0.1, 0.15) is 29.6 Å². The van der Waals surface area contributed by atoms with Gasteiger partial charge in [0.25, 0.3) is 5.91 Å². The third kappa shape index (κ3) is 4.13. The van der Waals surface area contributed by atoms with Crippen molar-refractivity contribution < 1.29 is 4.79 Å². The standard InChI is InChI=1S/C16H19BrN4O.ClH/c17-13-4-2-5-14(7-13)21-10-12(9-19-21)16(22)20-15-6-1-3-11(15)8-18;/h2,4-5,7,9-11,15H,1,3,6,8,18H2,(H,20,22);1H. The normalized spacial score (nSPS) is 20.1. The van der Waals surface area contributed by atoms with Gasteiger partial charge in [-0.25, -0.2) is 4.68 Å². The van der Waals surface area contributed by atoms with Crippen LogP contribution in [-0.4, -0.2) is 28.3 Å². The Morgan fingerprint density at radius 3 is 3.00 bits per heavy atom. The summed E-state index contributed by atoms with van der Waals surface area (Å²) in [6, 6.07) is 7.97. The lowest BCUT2D eigenvalue weighted by atomic mass is 10.0. The fourth-order valence-corrected chi connectivity index (χ4v) is 3.35. The van der Waals surface area contributed by atoms with Crippen LogP contribution in [0, 0.1) is 5.92 Å². The number of amides is 1. The molecule has 1 aromatic heterocycles. The van der Waals surface area contributed by atoms with Gasteiger partial charge in [0.2, 0.25) is 0 Å². The van der Waals surface area contributed by atoms with E-state index in [1.807, 2.05) is 24.3 Å². The quantitative estimate of drug-likeness (QED) is 0.830. The Hall–Kier alpha value is -1.37. The maximum Gasteiger partial charge on any atom is 0.254 e. The van der Waals surface area contributed by atoms with Gasteiger partial charge in [-0.3, -0.25) is 4.79 Å². The largest absolute Gasteiger partial charge is 0.349 e. The van der Waals surface area contributed by atoms with Crippen molar-refractivity contribution >= 4 is 34.2 Å². The summed E-state index contributed by atoms with van der Waals surface area (Å²) in [5, 5.41) is 7.36. The monoisotopic (exact) mass is 398 g/mol. The molecule has 124 valence electrons. The van der Waals surface area contributed by atoms with Crippen LogP contribution in [-0.2, 0) is 0 Å². The molecular formula is C16H20BrClN4O. The zero-order chi connectivity index (χ0) is 15.5. The van der Waals surface area contributed by atoms with Crippen LogP contribution in [0.25, 0.3) is 5.69 Å². The van der Waals surface area contributed by atoms with Crippen molar-refractivity contribution in [2.75, 3.05) is 6.54 Å². The number of rotatable bonds is 4. The molecule has 2 atom stereocenters. The minimum atomic E-state index is -0.0772. The maximum atomic E-state index is 12.4. The lowest BCUT2D eigenvalue weighted by Gasteiger charge is -2.18. The molecule has 1 heterocycles. The summed E-state index contributed by atoms with van der Waals surface area (Å²) < 4.78 is 2.68. The van der Waals surface area contributed by atoms with Crippen molar-refractivity contribution in [2.24, 2.45) is 11.7 Å². The van der Waals surface area contributed by atoms with Gasteiger partial charge < -0.3 is 11.1 Å². The molecule has 0 saturated heterocycles. The van der Waals surface area contributed by atoms with Crippen LogP contribution in [0.4, 0.5) is 0 Å². The van der Waals surface area contributed by atoms with E-state index in [1.54, 1.807) is 17.1 Å². The van der Waals surface area contributed by atoms with Crippen LogP contribution in [0.5, 0.6) is 0 Å². The van der Waals surface area contributed by atoms with E-state index in [9.17, 15) is 4.79 Å². The highest BCUT2D eigenvalue weighted by Gasteiger charge is 2.27. The SMILES string of the molecule is Cl.NCC1CCCC1NC(=O)c1cnn(-c2cccc(Br)c2)c1. The molecule has 3 N–H and O–H groups in total. The highest BCUT2D eigenvalue weighted by molar-refractivity contribution is 9.10. The predicted octanol–water partition coefficient (Wildman–Crippen LogP) is 2.91. The number of hydrogen-bond donors (Lipinski definition) is 2. The summed E-state index contributed by atoms with van der Waals surface area (Å²) in [6.45, 7) is 0.627. The number of nitrogens with zero attached hydrogens (tertiary/aromatic N) is 2. The number of hydrogen-bond acceptors (Lipinski definition) is 3. The summed E-state index contributed by atoms with van der Waals surface area (Å²) in [7, 11) is 0. The van der Waals surface area contributed by atoms with Crippen LogP contribution in [0.15, 0.2) is 41.1 Å². The number of nitrogens with two attached hydrogens (primary N) is 1.